The van der Waals surface area contributed by atoms with Crippen molar-refractivity contribution in [2.75, 3.05) is 0 Å². The molecular formula is C19H23NO. The smallest absolute Gasteiger partial charge is 0.220 e. The molecular weight excluding hydrogens is 258 g/mol. The van der Waals surface area contributed by atoms with E-state index >= 15 is 0 Å². The average Bonchev–Trinajstić information content (AvgIpc) is 2.54. The number of benzene rings is 2. The Hall–Kier alpha value is -2.09. The number of unbranched alkanes of at least 4 members (excludes halogenated alkanes) is 1. The fourth-order valence-corrected chi connectivity index (χ4v) is 2.33. The van der Waals surface area contributed by atoms with Gasteiger partial charge in [-0.25, -0.2) is 0 Å². The molecule has 110 valence electrons. The van der Waals surface area contributed by atoms with Crippen molar-refractivity contribution in [1.82, 2.24) is 5.32 Å². The van der Waals surface area contributed by atoms with Gasteiger partial charge in [0.05, 0.1) is 6.04 Å². The van der Waals surface area contributed by atoms with Crippen molar-refractivity contribution in [2.45, 2.75) is 39.2 Å². The van der Waals surface area contributed by atoms with E-state index in [4.69, 9.17) is 0 Å². The minimum atomic E-state index is 0.0548. The van der Waals surface area contributed by atoms with Gasteiger partial charge in [-0.1, -0.05) is 67.9 Å². The summed E-state index contributed by atoms with van der Waals surface area (Å²) in [5, 5.41) is 3.05. The van der Waals surface area contributed by atoms with Gasteiger partial charge in [-0.2, -0.15) is 0 Å². The molecule has 21 heavy (non-hydrogen) atoms. The van der Waals surface area contributed by atoms with Crippen LogP contribution in [0.25, 0.3) is 11.1 Å². The van der Waals surface area contributed by atoms with E-state index < -0.39 is 0 Å². The Labute approximate surface area is 127 Å². The normalized spacial score (nSPS) is 11.9. The summed E-state index contributed by atoms with van der Waals surface area (Å²) in [5.74, 6) is 0.136. The zero-order valence-corrected chi connectivity index (χ0v) is 12.8. The number of carbonyl (C=O) groups excluding carboxylic acids is 1. The van der Waals surface area contributed by atoms with Crippen molar-refractivity contribution in [3.05, 3.63) is 60.2 Å². The Morgan fingerprint density at radius 1 is 1.00 bits per heavy atom. The van der Waals surface area contributed by atoms with Gasteiger partial charge in [0, 0.05) is 6.42 Å². The maximum absolute atomic E-state index is 11.8. The molecule has 0 aliphatic rings. The molecule has 0 aromatic heterocycles. The molecule has 0 radical (unpaired) electrons. The van der Waals surface area contributed by atoms with E-state index in [0.29, 0.717) is 6.42 Å². The van der Waals surface area contributed by atoms with Gasteiger partial charge in [0.25, 0.3) is 0 Å². The molecule has 2 aromatic rings. The molecule has 0 spiro atoms. The van der Waals surface area contributed by atoms with Crippen LogP contribution in [0.1, 0.15) is 44.7 Å². The standard InChI is InChI=1S/C19H23NO/c1-3-4-10-19(21)20-15(2)16-11-13-18(14-12-16)17-8-6-5-7-9-17/h5-9,11-15H,3-4,10H2,1-2H3,(H,20,21). The summed E-state index contributed by atoms with van der Waals surface area (Å²) in [7, 11) is 0. The molecule has 1 amide bonds. The molecule has 1 N–H and O–H groups in total. The SMILES string of the molecule is CCCCC(=O)NC(C)c1ccc(-c2ccccc2)cc1. The third-order valence-electron chi connectivity index (χ3n) is 3.65. The minimum absolute atomic E-state index is 0.0548. The van der Waals surface area contributed by atoms with E-state index in [9.17, 15) is 4.79 Å². The summed E-state index contributed by atoms with van der Waals surface area (Å²) in [6.45, 7) is 4.13. The molecule has 0 saturated heterocycles. The predicted octanol–water partition coefficient (Wildman–Crippen LogP) is 4.72. The first-order chi connectivity index (χ1) is 10.2. The van der Waals surface area contributed by atoms with Gasteiger partial charge in [0.2, 0.25) is 5.91 Å². The summed E-state index contributed by atoms with van der Waals surface area (Å²) < 4.78 is 0. The van der Waals surface area contributed by atoms with Gasteiger partial charge in [-0.3, -0.25) is 4.79 Å². The lowest BCUT2D eigenvalue weighted by atomic mass is 10.0. The maximum atomic E-state index is 11.8. The quantitative estimate of drug-likeness (QED) is 0.815. The molecule has 0 heterocycles. The molecule has 0 fully saturated rings. The van der Waals surface area contributed by atoms with Crippen LogP contribution < -0.4 is 5.32 Å². The number of hydrogen-bond acceptors (Lipinski definition) is 1. The lowest BCUT2D eigenvalue weighted by Crippen LogP contribution is -2.26. The molecule has 1 atom stereocenters. The fourth-order valence-electron chi connectivity index (χ4n) is 2.33. The van der Waals surface area contributed by atoms with E-state index in [1.165, 1.54) is 11.1 Å². The Morgan fingerprint density at radius 3 is 2.24 bits per heavy atom. The Balaban J connectivity index is 2.00. The fraction of sp³-hybridized carbons (Fsp3) is 0.316. The lowest BCUT2D eigenvalue weighted by Gasteiger charge is -2.15. The summed E-state index contributed by atoms with van der Waals surface area (Å²) in [5.41, 5.74) is 3.55. The van der Waals surface area contributed by atoms with E-state index in [0.717, 1.165) is 18.4 Å². The Bertz CT molecular complexity index is 560. The maximum Gasteiger partial charge on any atom is 0.220 e. The molecule has 0 saturated carbocycles. The van der Waals surface area contributed by atoms with Gasteiger partial charge in [-0.05, 0) is 30.0 Å². The van der Waals surface area contributed by atoms with Gasteiger partial charge >= 0.3 is 0 Å². The van der Waals surface area contributed by atoms with Crippen LogP contribution in [-0.2, 0) is 4.79 Å². The predicted molar refractivity (Wildman–Crippen MR) is 88.0 cm³/mol. The number of rotatable bonds is 6. The van der Waals surface area contributed by atoms with Crippen molar-refractivity contribution < 1.29 is 4.79 Å². The molecule has 0 bridgehead atoms. The Morgan fingerprint density at radius 2 is 1.62 bits per heavy atom. The van der Waals surface area contributed by atoms with Crippen LogP contribution in [0.2, 0.25) is 0 Å². The van der Waals surface area contributed by atoms with Crippen molar-refractivity contribution in [1.29, 1.82) is 0 Å². The van der Waals surface area contributed by atoms with Crippen LogP contribution in [0, 0.1) is 0 Å². The second-order valence-corrected chi connectivity index (χ2v) is 5.38. The zero-order chi connectivity index (χ0) is 15.1. The molecule has 1 unspecified atom stereocenters. The summed E-state index contributed by atoms with van der Waals surface area (Å²) in [6, 6.07) is 18.8. The number of amides is 1. The minimum Gasteiger partial charge on any atom is -0.350 e. The van der Waals surface area contributed by atoms with Crippen LogP contribution in [0.15, 0.2) is 54.6 Å². The number of nitrogens with one attached hydrogen (secondary N) is 1. The van der Waals surface area contributed by atoms with Crippen molar-refractivity contribution >= 4 is 5.91 Å². The average molecular weight is 281 g/mol. The highest BCUT2D eigenvalue weighted by Gasteiger charge is 2.09. The van der Waals surface area contributed by atoms with Crippen molar-refractivity contribution in [3.63, 3.8) is 0 Å². The van der Waals surface area contributed by atoms with Gasteiger partial charge in [-0.15, -0.1) is 0 Å². The summed E-state index contributed by atoms with van der Waals surface area (Å²) in [4.78, 5) is 11.8. The lowest BCUT2D eigenvalue weighted by molar-refractivity contribution is -0.121. The third kappa shape index (κ3) is 4.45. The number of hydrogen-bond donors (Lipinski definition) is 1. The molecule has 2 nitrogen and oxygen atoms in total. The molecule has 2 heteroatoms. The highest BCUT2D eigenvalue weighted by atomic mass is 16.1. The highest BCUT2D eigenvalue weighted by molar-refractivity contribution is 5.76. The topological polar surface area (TPSA) is 29.1 Å². The first-order valence-corrected chi connectivity index (χ1v) is 7.65. The van der Waals surface area contributed by atoms with E-state index in [-0.39, 0.29) is 11.9 Å². The van der Waals surface area contributed by atoms with Gasteiger partial charge in [0.1, 0.15) is 0 Å². The summed E-state index contributed by atoms with van der Waals surface area (Å²) >= 11 is 0. The van der Waals surface area contributed by atoms with Crippen LogP contribution in [0.3, 0.4) is 0 Å². The van der Waals surface area contributed by atoms with Crippen LogP contribution in [0.4, 0.5) is 0 Å². The monoisotopic (exact) mass is 281 g/mol. The summed E-state index contributed by atoms with van der Waals surface area (Å²) in [6.07, 6.45) is 2.61. The van der Waals surface area contributed by atoms with Crippen molar-refractivity contribution in [3.8, 4) is 11.1 Å². The van der Waals surface area contributed by atoms with Crippen molar-refractivity contribution in [2.24, 2.45) is 0 Å². The molecule has 2 rings (SSSR count). The van der Waals surface area contributed by atoms with E-state index in [1.54, 1.807) is 0 Å². The van der Waals surface area contributed by atoms with Crippen LogP contribution >= 0.6 is 0 Å². The first kappa shape index (κ1) is 15.3. The number of carbonyl (C=O) groups is 1. The third-order valence-corrected chi connectivity index (χ3v) is 3.65. The molecule has 0 aliphatic carbocycles. The van der Waals surface area contributed by atoms with Crippen LogP contribution in [0.5, 0.6) is 0 Å². The van der Waals surface area contributed by atoms with Gasteiger partial charge in [0.15, 0.2) is 0 Å². The highest BCUT2D eigenvalue weighted by Crippen LogP contribution is 2.21. The van der Waals surface area contributed by atoms with E-state index in [1.807, 2.05) is 25.1 Å². The zero-order valence-electron chi connectivity index (χ0n) is 12.8. The Kier molecular flexibility index (Phi) is 5.56. The van der Waals surface area contributed by atoms with E-state index in [2.05, 4.69) is 48.6 Å². The molecule has 0 aliphatic heterocycles. The second kappa shape index (κ2) is 7.63. The molecule has 2 aromatic carbocycles. The first-order valence-electron chi connectivity index (χ1n) is 7.65. The second-order valence-electron chi connectivity index (χ2n) is 5.38. The van der Waals surface area contributed by atoms with Crippen LogP contribution in [-0.4, -0.2) is 5.91 Å². The van der Waals surface area contributed by atoms with Gasteiger partial charge < -0.3 is 5.32 Å². The largest absolute Gasteiger partial charge is 0.350 e.